The van der Waals surface area contributed by atoms with Gasteiger partial charge in [-0.05, 0) is 81.2 Å². The van der Waals surface area contributed by atoms with E-state index in [-0.39, 0.29) is 5.69 Å². The highest BCUT2D eigenvalue weighted by atomic mass is 19.4. The van der Waals surface area contributed by atoms with Gasteiger partial charge in [-0.2, -0.15) is 26.3 Å². The van der Waals surface area contributed by atoms with Crippen molar-refractivity contribution in [2.45, 2.75) is 116 Å². The Bertz CT molecular complexity index is 1650. The van der Waals surface area contributed by atoms with Gasteiger partial charge in [-0.15, -0.1) is 0 Å². The summed E-state index contributed by atoms with van der Waals surface area (Å²) in [5, 5.41) is 5.29. The summed E-state index contributed by atoms with van der Waals surface area (Å²) in [6.07, 6.45) is -8.37. The quantitative estimate of drug-likeness (QED) is 0.147. The molecular weight excluding hydrogens is 718 g/mol. The fourth-order valence-corrected chi connectivity index (χ4v) is 8.60. The number of rotatable bonds is 14. The summed E-state index contributed by atoms with van der Waals surface area (Å²) >= 11 is 0. The summed E-state index contributed by atoms with van der Waals surface area (Å²) < 4.78 is 99.7. The van der Waals surface area contributed by atoms with E-state index >= 15 is 0 Å². The molecule has 2 aromatic carbocycles. The molecule has 14 heteroatoms. The molecule has 0 aromatic heterocycles. The number of benzene rings is 2. The van der Waals surface area contributed by atoms with Gasteiger partial charge in [0.2, 0.25) is 17.2 Å². The van der Waals surface area contributed by atoms with Gasteiger partial charge in [0.15, 0.2) is 0 Å². The van der Waals surface area contributed by atoms with Crippen LogP contribution in [0.3, 0.4) is 0 Å². The molecule has 1 aliphatic rings. The highest BCUT2D eigenvalue weighted by Crippen LogP contribution is 2.65. The van der Waals surface area contributed by atoms with Crippen molar-refractivity contribution in [3.8, 4) is 0 Å². The summed E-state index contributed by atoms with van der Waals surface area (Å²) in [6.45, 7) is 13.8. The van der Waals surface area contributed by atoms with Crippen LogP contribution in [0.25, 0.3) is 0 Å². The summed E-state index contributed by atoms with van der Waals surface area (Å²) in [4.78, 5) is 54.5. The van der Waals surface area contributed by atoms with E-state index in [0.29, 0.717) is 43.4 Å². The molecule has 1 aliphatic carbocycles. The van der Waals surface area contributed by atoms with Gasteiger partial charge in [0.1, 0.15) is 0 Å². The van der Waals surface area contributed by atoms with Crippen molar-refractivity contribution in [2.75, 3.05) is 19.5 Å². The molecule has 1 saturated carbocycles. The fraction of sp³-hybridized carbons (Fsp3) is 0.600. The Morgan fingerprint density at radius 2 is 1.04 bits per heavy atom. The van der Waals surface area contributed by atoms with Crippen LogP contribution in [0.15, 0.2) is 48.5 Å². The number of ether oxygens (including phenoxy) is 2. The van der Waals surface area contributed by atoms with Crippen molar-refractivity contribution in [3.63, 3.8) is 0 Å². The predicted molar refractivity (Wildman–Crippen MR) is 191 cm³/mol. The van der Waals surface area contributed by atoms with E-state index in [9.17, 15) is 45.5 Å². The van der Waals surface area contributed by atoms with Gasteiger partial charge in [0.25, 0.3) is 0 Å². The molecule has 1 fully saturated rings. The number of esters is 2. The Balaban J connectivity index is 2.11. The monoisotopic (exact) mass is 770 g/mol. The first-order valence-electron chi connectivity index (χ1n) is 18.0. The molecule has 2 N–H and O–H groups in total. The molecule has 0 saturated heterocycles. The second-order valence-corrected chi connectivity index (χ2v) is 15.6. The normalized spacial score (nSPS) is 23.0. The van der Waals surface area contributed by atoms with Crippen molar-refractivity contribution >= 4 is 29.4 Å². The van der Waals surface area contributed by atoms with Crippen molar-refractivity contribution in [1.29, 1.82) is 0 Å². The number of nitrogens with one attached hydrogen (secondary N) is 2. The topological polar surface area (TPSA) is 111 Å². The molecular formula is C40H52F6N2O6. The zero-order valence-corrected chi connectivity index (χ0v) is 32.5. The van der Waals surface area contributed by atoms with Crippen LogP contribution in [0.1, 0.15) is 104 Å². The molecule has 0 radical (unpaired) electrons. The van der Waals surface area contributed by atoms with Crippen molar-refractivity contribution in [2.24, 2.45) is 22.7 Å². The van der Waals surface area contributed by atoms with Crippen LogP contribution in [0, 0.1) is 22.7 Å². The maximum absolute atomic E-state index is 15.0. The third-order valence-corrected chi connectivity index (χ3v) is 11.6. The molecule has 3 rings (SSSR count). The van der Waals surface area contributed by atoms with Crippen molar-refractivity contribution in [1.82, 2.24) is 5.32 Å². The van der Waals surface area contributed by atoms with Crippen molar-refractivity contribution in [3.05, 3.63) is 65.2 Å². The zero-order chi connectivity index (χ0) is 41.3. The van der Waals surface area contributed by atoms with Gasteiger partial charge in [-0.3, -0.25) is 19.2 Å². The average Bonchev–Trinajstić information content (AvgIpc) is 3.07. The van der Waals surface area contributed by atoms with Crippen LogP contribution in [-0.4, -0.2) is 55.9 Å². The van der Waals surface area contributed by atoms with E-state index in [4.69, 9.17) is 9.47 Å². The van der Waals surface area contributed by atoms with Crippen LogP contribution < -0.4 is 10.6 Å². The highest BCUT2D eigenvalue weighted by Gasteiger charge is 2.79. The van der Waals surface area contributed by atoms with Crippen LogP contribution in [0.4, 0.5) is 32.0 Å². The van der Waals surface area contributed by atoms with E-state index in [1.165, 1.54) is 26.0 Å². The SMILES string of the molecule is CCCC(C)(C)NC(=O)C1(C)C(C(=O)OC)C(C)(C(=O)Nc2ccc(C(c3ccc(C(C)(CC)CCC)cc3)(C(F)(F)F)C(F)(F)F)cc2)C1C(=O)OC. The van der Waals surface area contributed by atoms with E-state index in [2.05, 4.69) is 10.6 Å². The van der Waals surface area contributed by atoms with Crippen molar-refractivity contribution < 1.29 is 55.0 Å². The minimum atomic E-state index is -5.84. The van der Waals surface area contributed by atoms with E-state index < -0.39 is 86.3 Å². The van der Waals surface area contributed by atoms with Gasteiger partial charge in [-0.25, -0.2) is 0 Å². The number of carbonyl (C=O) groups excluding carboxylic acids is 4. The number of alkyl halides is 6. The van der Waals surface area contributed by atoms with E-state index in [1.807, 2.05) is 27.7 Å². The predicted octanol–water partition coefficient (Wildman–Crippen LogP) is 8.80. The first kappa shape index (κ1) is 44.3. The maximum atomic E-state index is 15.0. The number of anilines is 1. The van der Waals surface area contributed by atoms with Gasteiger partial charge in [0.05, 0.1) is 36.9 Å². The Hall–Kier alpha value is -4.10. The zero-order valence-electron chi connectivity index (χ0n) is 32.5. The smallest absolute Gasteiger partial charge is 0.411 e. The number of carbonyl (C=O) groups is 4. The number of halogens is 6. The van der Waals surface area contributed by atoms with Gasteiger partial charge < -0.3 is 20.1 Å². The van der Waals surface area contributed by atoms with Gasteiger partial charge in [-0.1, -0.05) is 76.9 Å². The third-order valence-electron chi connectivity index (χ3n) is 11.6. The summed E-state index contributed by atoms with van der Waals surface area (Å²) in [5.74, 6) is -6.81. The fourth-order valence-electron chi connectivity index (χ4n) is 8.60. The Labute approximate surface area is 313 Å². The van der Waals surface area contributed by atoms with E-state index in [1.54, 1.807) is 13.8 Å². The molecule has 2 aromatic rings. The molecule has 0 heterocycles. The highest BCUT2D eigenvalue weighted by molar-refractivity contribution is 6.08. The summed E-state index contributed by atoms with van der Waals surface area (Å²) in [5.41, 5.74) is -11.3. The van der Waals surface area contributed by atoms with E-state index in [0.717, 1.165) is 44.9 Å². The van der Waals surface area contributed by atoms with Crippen LogP contribution in [0.2, 0.25) is 0 Å². The standard InChI is InChI=1S/C40H52F6N2O6/c1-11-22-34(4,5)48-33(52)37(8)28(30(49)53-9)36(7,29(37)31(50)54-10)32(51)47-27-20-18-26(19-21-27)38(39(41,42)43,40(44,45)46)25-16-14-24(15-17-25)35(6,13-3)23-12-2/h14-21,28-29H,11-13,22-23H2,1-10H3,(H,47,51)(H,48,52). The molecule has 8 nitrogen and oxygen atoms in total. The first-order chi connectivity index (χ1) is 24.8. The second kappa shape index (κ2) is 15.6. The summed E-state index contributed by atoms with van der Waals surface area (Å²) in [7, 11) is 2.08. The van der Waals surface area contributed by atoms with Gasteiger partial charge >= 0.3 is 24.3 Å². The lowest BCUT2D eigenvalue weighted by Gasteiger charge is -2.61. The number of methoxy groups -OCH3 is 2. The lowest BCUT2D eigenvalue weighted by molar-refractivity contribution is -0.288. The molecule has 54 heavy (non-hydrogen) atoms. The molecule has 2 amide bonds. The molecule has 0 spiro atoms. The average molecular weight is 771 g/mol. The number of hydrogen-bond acceptors (Lipinski definition) is 6. The Morgan fingerprint density at radius 1 is 0.648 bits per heavy atom. The molecule has 0 aliphatic heterocycles. The number of hydrogen-bond donors (Lipinski definition) is 2. The summed E-state index contributed by atoms with van der Waals surface area (Å²) in [6, 6.07) is 7.36. The van der Waals surface area contributed by atoms with Crippen LogP contribution >= 0.6 is 0 Å². The minimum Gasteiger partial charge on any atom is -0.469 e. The second-order valence-electron chi connectivity index (χ2n) is 15.6. The Kier molecular flexibility index (Phi) is 12.8. The largest absolute Gasteiger partial charge is 0.469 e. The molecule has 3 unspecified atom stereocenters. The molecule has 0 bridgehead atoms. The Morgan fingerprint density at radius 3 is 1.41 bits per heavy atom. The first-order valence-corrected chi connectivity index (χ1v) is 18.0. The van der Waals surface area contributed by atoms with Crippen LogP contribution in [0.5, 0.6) is 0 Å². The molecule has 3 atom stereocenters. The van der Waals surface area contributed by atoms with Gasteiger partial charge in [0, 0.05) is 11.2 Å². The lowest BCUT2D eigenvalue weighted by Crippen LogP contribution is -2.76. The molecule has 300 valence electrons. The minimum absolute atomic E-state index is 0.230. The van der Waals surface area contributed by atoms with Crippen LogP contribution in [-0.2, 0) is 39.5 Å². The third kappa shape index (κ3) is 7.33. The maximum Gasteiger partial charge on any atom is 0.411 e. The lowest BCUT2D eigenvalue weighted by atomic mass is 9.39. The number of amides is 2.